The van der Waals surface area contributed by atoms with Gasteiger partial charge in [-0.25, -0.2) is 18.5 Å². The fourth-order valence-electron chi connectivity index (χ4n) is 3.61. The molecule has 0 bridgehead atoms. The van der Waals surface area contributed by atoms with Crippen LogP contribution in [0, 0.1) is 0 Å². The van der Waals surface area contributed by atoms with Gasteiger partial charge in [0.25, 0.3) is 0 Å². The van der Waals surface area contributed by atoms with Crippen molar-refractivity contribution < 1.29 is 8.42 Å². The number of nitrogens with two attached hydrogens (primary N) is 1. The smallest absolute Gasteiger partial charge is 0.238 e. The average molecular weight is 427 g/mol. The lowest BCUT2D eigenvalue weighted by Crippen LogP contribution is -2.11. The molecule has 2 heterocycles. The van der Waals surface area contributed by atoms with Gasteiger partial charge in [0.15, 0.2) is 0 Å². The summed E-state index contributed by atoms with van der Waals surface area (Å²) in [5.41, 5.74) is 5.63. The standard InChI is InChI=1S/C24H18N4O2S/c25-31(29,30)21-12-8-19(9-13-21)24-27-22-14-15-26-16-23(22)28(24)20-10-6-18(7-11-20)17-4-2-1-3-5-17/h1-16H,(H2,25,29,30). The SMILES string of the molecule is NS(=O)(=O)c1ccc(-c2nc3ccncc3n2-c2ccc(-c3ccccc3)cc2)cc1. The van der Waals surface area contributed by atoms with Crippen molar-refractivity contribution in [3.8, 4) is 28.2 Å². The maximum absolute atomic E-state index is 11.6. The first kappa shape index (κ1) is 19.2. The lowest BCUT2D eigenvalue weighted by atomic mass is 10.1. The van der Waals surface area contributed by atoms with Crippen LogP contribution in [0.25, 0.3) is 39.2 Å². The molecular formula is C24H18N4O2S. The molecule has 5 rings (SSSR count). The number of fused-ring (bicyclic) bond motifs is 1. The molecule has 7 heteroatoms. The second-order valence-electron chi connectivity index (χ2n) is 7.12. The van der Waals surface area contributed by atoms with Crippen LogP contribution in [0.2, 0.25) is 0 Å². The molecule has 0 unspecified atom stereocenters. The van der Waals surface area contributed by atoms with E-state index in [1.807, 2.05) is 41.0 Å². The number of rotatable bonds is 4. The third kappa shape index (κ3) is 3.61. The molecule has 3 aromatic carbocycles. The van der Waals surface area contributed by atoms with Crippen molar-refractivity contribution >= 4 is 21.1 Å². The zero-order chi connectivity index (χ0) is 21.4. The van der Waals surface area contributed by atoms with Crippen molar-refractivity contribution in [2.45, 2.75) is 4.90 Å². The van der Waals surface area contributed by atoms with Crippen LogP contribution < -0.4 is 5.14 Å². The molecule has 0 atom stereocenters. The van der Waals surface area contributed by atoms with Gasteiger partial charge in [-0.1, -0.05) is 42.5 Å². The molecule has 6 nitrogen and oxygen atoms in total. The summed E-state index contributed by atoms with van der Waals surface area (Å²) in [5, 5.41) is 5.23. The largest absolute Gasteiger partial charge is 0.291 e. The Balaban J connectivity index is 1.65. The van der Waals surface area contributed by atoms with Gasteiger partial charge in [-0.2, -0.15) is 0 Å². The summed E-state index contributed by atoms with van der Waals surface area (Å²) in [6.45, 7) is 0. The van der Waals surface area contributed by atoms with Crippen molar-refractivity contribution in [3.05, 3.63) is 97.3 Å². The van der Waals surface area contributed by atoms with E-state index in [9.17, 15) is 8.42 Å². The normalized spacial score (nSPS) is 11.6. The highest BCUT2D eigenvalue weighted by molar-refractivity contribution is 7.89. The average Bonchev–Trinajstić information content (AvgIpc) is 3.19. The lowest BCUT2D eigenvalue weighted by Gasteiger charge is -2.11. The quantitative estimate of drug-likeness (QED) is 0.461. The van der Waals surface area contributed by atoms with Crippen LogP contribution in [-0.4, -0.2) is 23.0 Å². The highest BCUT2D eigenvalue weighted by Crippen LogP contribution is 2.30. The Labute approximate surface area is 179 Å². The molecule has 0 spiro atoms. The fraction of sp³-hybridized carbons (Fsp3) is 0. The molecule has 0 saturated heterocycles. The van der Waals surface area contributed by atoms with E-state index in [4.69, 9.17) is 10.1 Å². The highest BCUT2D eigenvalue weighted by atomic mass is 32.2. The van der Waals surface area contributed by atoms with Crippen molar-refractivity contribution in [1.82, 2.24) is 14.5 Å². The van der Waals surface area contributed by atoms with Gasteiger partial charge in [0.05, 0.1) is 22.1 Å². The zero-order valence-corrected chi connectivity index (χ0v) is 17.2. The van der Waals surface area contributed by atoms with Crippen molar-refractivity contribution in [2.24, 2.45) is 5.14 Å². The van der Waals surface area contributed by atoms with Crippen molar-refractivity contribution in [2.75, 3.05) is 0 Å². The van der Waals surface area contributed by atoms with E-state index >= 15 is 0 Å². The topological polar surface area (TPSA) is 90.9 Å². The summed E-state index contributed by atoms with van der Waals surface area (Å²) in [4.78, 5) is 9.10. The van der Waals surface area contributed by atoms with Crippen LogP contribution in [0.3, 0.4) is 0 Å². The minimum atomic E-state index is -3.76. The third-order valence-corrected chi connectivity index (χ3v) is 6.06. The molecule has 0 aliphatic rings. The summed E-state index contributed by atoms with van der Waals surface area (Å²) < 4.78 is 25.2. The molecule has 0 aliphatic carbocycles. The Morgan fingerprint density at radius 3 is 2.06 bits per heavy atom. The van der Waals surface area contributed by atoms with E-state index in [-0.39, 0.29) is 4.90 Å². The molecule has 152 valence electrons. The monoisotopic (exact) mass is 426 g/mol. The van der Waals surface area contributed by atoms with Gasteiger partial charge in [-0.15, -0.1) is 0 Å². The Morgan fingerprint density at radius 2 is 1.39 bits per heavy atom. The van der Waals surface area contributed by atoms with Crippen molar-refractivity contribution in [3.63, 3.8) is 0 Å². The molecule has 0 radical (unpaired) electrons. The van der Waals surface area contributed by atoms with Crippen LogP contribution in [0.15, 0.2) is 102 Å². The predicted octanol–water partition coefficient (Wildman–Crippen LogP) is 4.40. The van der Waals surface area contributed by atoms with Gasteiger partial charge in [-0.05, 0) is 53.6 Å². The fourth-order valence-corrected chi connectivity index (χ4v) is 4.12. The highest BCUT2D eigenvalue weighted by Gasteiger charge is 2.16. The summed E-state index contributed by atoms with van der Waals surface area (Å²) >= 11 is 0. The molecule has 0 fully saturated rings. The number of pyridine rings is 1. The van der Waals surface area contributed by atoms with Crippen LogP contribution in [-0.2, 0) is 10.0 Å². The Bertz CT molecular complexity index is 1470. The first-order valence-electron chi connectivity index (χ1n) is 9.62. The third-order valence-electron chi connectivity index (χ3n) is 5.13. The summed E-state index contributed by atoms with van der Waals surface area (Å²) in [7, 11) is -3.76. The first-order valence-corrected chi connectivity index (χ1v) is 11.2. The minimum absolute atomic E-state index is 0.0628. The molecular weight excluding hydrogens is 408 g/mol. The Morgan fingerprint density at radius 1 is 0.742 bits per heavy atom. The van der Waals surface area contributed by atoms with E-state index in [2.05, 4.69) is 29.2 Å². The number of hydrogen-bond donors (Lipinski definition) is 1. The van der Waals surface area contributed by atoms with Gasteiger partial charge in [0.1, 0.15) is 5.82 Å². The van der Waals surface area contributed by atoms with E-state index in [1.54, 1.807) is 24.5 Å². The second kappa shape index (κ2) is 7.46. The summed E-state index contributed by atoms with van der Waals surface area (Å²) in [6, 6.07) is 26.7. The van der Waals surface area contributed by atoms with Gasteiger partial charge < -0.3 is 0 Å². The molecule has 2 aromatic heterocycles. The van der Waals surface area contributed by atoms with Gasteiger partial charge in [-0.3, -0.25) is 9.55 Å². The minimum Gasteiger partial charge on any atom is -0.291 e. The van der Waals surface area contributed by atoms with E-state index in [0.29, 0.717) is 5.82 Å². The number of primary sulfonamides is 1. The Kier molecular flexibility index (Phi) is 4.62. The maximum atomic E-state index is 11.6. The lowest BCUT2D eigenvalue weighted by molar-refractivity contribution is 0.598. The molecule has 2 N–H and O–H groups in total. The zero-order valence-electron chi connectivity index (χ0n) is 16.4. The van der Waals surface area contributed by atoms with Gasteiger partial charge in [0.2, 0.25) is 10.0 Å². The number of sulfonamides is 1. The van der Waals surface area contributed by atoms with E-state index < -0.39 is 10.0 Å². The molecule has 0 amide bonds. The van der Waals surface area contributed by atoms with Crippen molar-refractivity contribution in [1.29, 1.82) is 0 Å². The van der Waals surface area contributed by atoms with Crippen LogP contribution in [0.1, 0.15) is 0 Å². The number of aromatic nitrogens is 3. The number of imidazole rings is 1. The van der Waals surface area contributed by atoms with Gasteiger partial charge in [0, 0.05) is 17.4 Å². The molecule has 0 saturated carbocycles. The number of nitrogens with zero attached hydrogens (tertiary/aromatic N) is 3. The van der Waals surface area contributed by atoms with Crippen LogP contribution in [0.5, 0.6) is 0 Å². The maximum Gasteiger partial charge on any atom is 0.238 e. The molecule has 5 aromatic rings. The Hall–Kier alpha value is -3.81. The molecule has 0 aliphatic heterocycles. The summed E-state index contributed by atoms with van der Waals surface area (Å²) in [5.74, 6) is 0.691. The van der Waals surface area contributed by atoms with Crippen LogP contribution in [0.4, 0.5) is 0 Å². The van der Waals surface area contributed by atoms with Gasteiger partial charge >= 0.3 is 0 Å². The first-order chi connectivity index (χ1) is 15.0. The number of hydrogen-bond acceptors (Lipinski definition) is 4. The number of benzene rings is 3. The molecule has 31 heavy (non-hydrogen) atoms. The van der Waals surface area contributed by atoms with Crippen LogP contribution >= 0.6 is 0 Å². The van der Waals surface area contributed by atoms with E-state index in [0.717, 1.165) is 33.4 Å². The predicted molar refractivity (Wildman–Crippen MR) is 121 cm³/mol. The second-order valence-corrected chi connectivity index (χ2v) is 8.68. The summed E-state index contributed by atoms with van der Waals surface area (Å²) in [6.07, 6.45) is 3.47. The van der Waals surface area contributed by atoms with E-state index in [1.165, 1.54) is 12.1 Å².